The van der Waals surface area contributed by atoms with Gasteiger partial charge in [0.15, 0.2) is 34.8 Å². The van der Waals surface area contributed by atoms with E-state index in [1.807, 2.05) is 0 Å². The molecule has 0 aliphatic rings. The fourth-order valence-corrected chi connectivity index (χ4v) is 1.92. The minimum atomic E-state index is 0.424. The number of hydrogen-bond donors (Lipinski definition) is 0. The molecule has 6 heteroatoms. The van der Waals surface area contributed by atoms with Crippen LogP contribution in [0.25, 0.3) is 34.8 Å². The van der Waals surface area contributed by atoms with Crippen molar-refractivity contribution in [3.63, 3.8) is 0 Å². The van der Waals surface area contributed by atoms with E-state index in [9.17, 15) is 0 Å². The van der Waals surface area contributed by atoms with Crippen LogP contribution in [-0.4, -0.2) is 15.0 Å². The molecule has 0 aliphatic carbocycles. The van der Waals surface area contributed by atoms with Gasteiger partial charge in [-0.3, -0.25) is 0 Å². The molecule has 0 radical (unpaired) electrons. The molecule has 21 heavy (non-hydrogen) atoms. The fraction of sp³-hybridized carbons (Fsp3) is 0. The van der Waals surface area contributed by atoms with E-state index >= 15 is 0 Å². The summed E-state index contributed by atoms with van der Waals surface area (Å²) < 4.78 is 16.1. The molecule has 102 valence electrons. The van der Waals surface area contributed by atoms with Crippen LogP contribution in [0.5, 0.6) is 0 Å². The van der Waals surface area contributed by atoms with Crippen LogP contribution >= 0.6 is 0 Å². The normalized spacial score (nSPS) is 10.9. The van der Waals surface area contributed by atoms with E-state index in [0.717, 1.165) is 0 Å². The molecule has 4 aromatic heterocycles. The lowest BCUT2D eigenvalue weighted by atomic mass is 10.3. The highest BCUT2D eigenvalue weighted by molar-refractivity contribution is 5.59. The Bertz CT molecular complexity index is 707. The van der Waals surface area contributed by atoms with Crippen molar-refractivity contribution in [3.8, 4) is 34.8 Å². The predicted octanol–water partition coefficient (Wildman–Crippen LogP) is 3.65. The molecule has 0 aliphatic heterocycles. The first kappa shape index (κ1) is 11.7. The van der Waals surface area contributed by atoms with Crippen LogP contribution in [-0.2, 0) is 0 Å². The second-order valence-corrected chi connectivity index (χ2v) is 4.24. The van der Waals surface area contributed by atoms with Gasteiger partial charge < -0.3 is 13.3 Å². The minimum Gasteiger partial charge on any atom is -0.461 e. The molecular weight excluding hydrogens is 270 g/mol. The van der Waals surface area contributed by atoms with Gasteiger partial charge in [0.25, 0.3) is 0 Å². The Hall–Kier alpha value is -3.15. The second kappa shape index (κ2) is 4.75. The van der Waals surface area contributed by atoms with Gasteiger partial charge in [-0.2, -0.15) is 0 Å². The minimum absolute atomic E-state index is 0.424. The average Bonchev–Trinajstić information content (AvgIpc) is 3.29. The first-order valence-electron chi connectivity index (χ1n) is 6.28. The van der Waals surface area contributed by atoms with Gasteiger partial charge in [-0.1, -0.05) is 0 Å². The smallest absolute Gasteiger partial charge is 0.199 e. The van der Waals surface area contributed by atoms with Gasteiger partial charge in [-0.25, -0.2) is 15.0 Å². The molecule has 0 saturated carbocycles. The summed E-state index contributed by atoms with van der Waals surface area (Å²) in [5.41, 5.74) is 0. The van der Waals surface area contributed by atoms with E-state index in [1.165, 1.54) is 0 Å². The molecule has 4 heterocycles. The van der Waals surface area contributed by atoms with Gasteiger partial charge in [-0.15, -0.1) is 0 Å². The van der Waals surface area contributed by atoms with E-state index in [4.69, 9.17) is 13.3 Å². The lowest BCUT2D eigenvalue weighted by Gasteiger charge is -2.02. The Morgan fingerprint density at radius 2 is 0.857 bits per heavy atom. The molecule has 0 atom stereocenters. The van der Waals surface area contributed by atoms with Crippen molar-refractivity contribution < 1.29 is 13.3 Å². The molecule has 0 bridgehead atoms. The number of hydrogen-bond acceptors (Lipinski definition) is 6. The highest BCUT2D eigenvalue weighted by Gasteiger charge is 2.15. The van der Waals surface area contributed by atoms with Crippen molar-refractivity contribution in [2.75, 3.05) is 0 Å². The van der Waals surface area contributed by atoms with Crippen molar-refractivity contribution >= 4 is 0 Å². The summed E-state index contributed by atoms with van der Waals surface area (Å²) in [5, 5.41) is 0. The molecular formula is C15H9N3O3. The predicted molar refractivity (Wildman–Crippen MR) is 72.9 cm³/mol. The van der Waals surface area contributed by atoms with Crippen molar-refractivity contribution in [3.05, 3.63) is 55.2 Å². The van der Waals surface area contributed by atoms with Crippen LogP contribution in [0.15, 0.2) is 68.4 Å². The zero-order valence-corrected chi connectivity index (χ0v) is 10.8. The maximum absolute atomic E-state index is 5.35. The number of furan rings is 3. The number of aromatic nitrogens is 3. The zero-order chi connectivity index (χ0) is 14.1. The maximum atomic E-state index is 5.35. The molecule has 0 spiro atoms. The maximum Gasteiger partial charge on any atom is 0.199 e. The molecule has 0 amide bonds. The number of rotatable bonds is 3. The van der Waals surface area contributed by atoms with Crippen molar-refractivity contribution in [1.82, 2.24) is 15.0 Å². The van der Waals surface area contributed by atoms with Gasteiger partial charge in [0, 0.05) is 0 Å². The van der Waals surface area contributed by atoms with Crippen molar-refractivity contribution in [2.24, 2.45) is 0 Å². The molecule has 0 aromatic carbocycles. The summed E-state index contributed by atoms with van der Waals surface area (Å²) >= 11 is 0. The second-order valence-electron chi connectivity index (χ2n) is 4.24. The molecule has 0 fully saturated rings. The molecule has 6 nitrogen and oxygen atoms in total. The standard InChI is InChI=1S/C15H9N3O3/c1-4-10(19-7-1)13-16-14(11-5-2-8-20-11)18-15(17-13)12-6-3-9-21-12/h1-9H. The van der Waals surface area contributed by atoms with Gasteiger partial charge in [0.1, 0.15) is 0 Å². The SMILES string of the molecule is c1coc(-c2nc(-c3ccco3)nc(-c3ccco3)n2)c1. The molecule has 4 aromatic rings. The summed E-state index contributed by atoms with van der Waals surface area (Å²) in [4.78, 5) is 13.1. The van der Waals surface area contributed by atoms with Gasteiger partial charge in [-0.05, 0) is 36.4 Å². The van der Waals surface area contributed by atoms with E-state index in [-0.39, 0.29) is 0 Å². The van der Waals surface area contributed by atoms with Gasteiger partial charge >= 0.3 is 0 Å². The third kappa shape index (κ3) is 2.12. The van der Waals surface area contributed by atoms with E-state index in [2.05, 4.69) is 15.0 Å². The van der Waals surface area contributed by atoms with Crippen LogP contribution < -0.4 is 0 Å². The topological polar surface area (TPSA) is 78.1 Å². The Morgan fingerprint density at radius 1 is 0.524 bits per heavy atom. The quantitative estimate of drug-likeness (QED) is 0.569. The van der Waals surface area contributed by atoms with Crippen LogP contribution in [0, 0.1) is 0 Å². The van der Waals surface area contributed by atoms with E-state index in [0.29, 0.717) is 34.8 Å². The monoisotopic (exact) mass is 279 g/mol. The van der Waals surface area contributed by atoms with Gasteiger partial charge in [0.05, 0.1) is 18.8 Å². The first-order valence-corrected chi connectivity index (χ1v) is 6.28. The van der Waals surface area contributed by atoms with Crippen LogP contribution in [0.4, 0.5) is 0 Å². The Morgan fingerprint density at radius 3 is 1.10 bits per heavy atom. The van der Waals surface area contributed by atoms with Crippen molar-refractivity contribution in [2.45, 2.75) is 0 Å². The third-order valence-electron chi connectivity index (χ3n) is 2.86. The van der Waals surface area contributed by atoms with E-state index in [1.54, 1.807) is 55.2 Å². The Balaban J connectivity index is 1.92. The Kier molecular flexibility index (Phi) is 2.64. The Labute approximate surface area is 119 Å². The largest absolute Gasteiger partial charge is 0.461 e. The fourth-order valence-electron chi connectivity index (χ4n) is 1.92. The summed E-state index contributed by atoms with van der Waals surface area (Å²) in [5.74, 6) is 2.93. The summed E-state index contributed by atoms with van der Waals surface area (Å²) in [6.45, 7) is 0. The molecule has 0 saturated heterocycles. The highest BCUT2D eigenvalue weighted by atomic mass is 16.3. The summed E-state index contributed by atoms with van der Waals surface area (Å²) in [6.07, 6.45) is 4.70. The van der Waals surface area contributed by atoms with E-state index < -0.39 is 0 Å². The lowest BCUT2D eigenvalue weighted by molar-refractivity contribution is 0.565. The zero-order valence-electron chi connectivity index (χ0n) is 10.8. The summed E-state index contributed by atoms with van der Waals surface area (Å²) in [6, 6.07) is 10.7. The first-order chi connectivity index (χ1) is 10.4. The van der Waals surface area contributed by atoms with Crippen LogP contribution in [0.2, 0.25) is 0 Å². The van der Waals surface area contributed by atoms with Crippen LogP contribution in [0.1, 0.15) is 0 Å². The molecule has 0 unspecified atom stereocenters. The van der Waals surface area contributed by atoms with Crippen molar-refractivity contribution in [1.29, 1.82) is 0 Å². The highest BCUT2D eigenvalue weighted by Crippen LogP contribution is 2.24. The van der Waals surface area contributed by atoms with Crippen LogP contribution in [0.3, 0.4) is 0 Å². The molecule has 0 N–H and O–H groups in total. The third-order valence-corrected chi connectivity index (χ3v) is 2.86. The summed E-state index contributed by atoms with van der Waals surface area (Å²) in [7, 11) is 0. The van der Waals surface area contributed by atoms with Gasteiger partial charge in [0.2, 0.25) is 0 Å². The average molecular weight is 279 g/mol. The lowest BCUT2D eigenvalue weighted by Crippen LogP contribution is -1.98. The number of nitrogens with zero attached hydrogens (tertiary/aromatic N) is 3. The molecule has 4 rings (SSSR count).